The minimum Gasteiger partial charge on any atom is -0.328 e. The molecule has 1 aliphatic heterocycles. The second kappa shape index (κ2) is 5.70. The molecule has 1 aromatic rings. The van der Waals surface area contributed by atoms with Gasteiger partial charge in [0.25, 0.3) is 5.69 Å². The minimum atomic E-state index is -3.65. The van der Waals surface area contributed by atoms with E-state index in [0.29, 0.717) is 24.9 Å². The summed E-state index contributed by atoms with van der Waals surface area (Å²) in [7, 11) is -3.65. The van der Waals surface area contributed by atoms with Gasteiger partial charge in [-0.2, -0.15) is 4.31 Å². The number of aryl methyl sites for hydroxylation is 1. The molecular formula is C13H19N3O4S. The highest BCUT2D eigenvalue weighted by Crippen LogP contribution is 2.28. The highest BCUT2D eigenvalue weighted by molar-refractivity contribution is 7.89. The van der Waals surface area contributed by atoms with E-state index in [2.05, 4.69) is 0 Å². The topological polar surface area (TPSA) is 107 Å². The molecule has 0 amide bonds. The third kappa shape index (κ3) is 3.07. The molecule has 21 heavy (non-hydrogen) atoms. The first-order valence-electron chi connectivity index (χ1n) is 6.76. The zero-order chi connectivity index (χ0) is 15.8. The number of nitrogens with two attached hydrogens (primary N) is 1. The Morgan fingerprint density at radius 1 is 1.43 bits per heavy atom. The van der Waals surface area contributed by atoms with Gasteiger partial charge in [0, 0.05) is 30.8 Å². The molecule has 0 aromatic heterocycles. The number of nitro benzene ring substituents is 1. The lowest BCUT2D eigenvalue weighted by Gasteiger charge is -2.35. The number of nitro groups is 1. The van der Waals surface area contributed by atoms with Crippen LogP contribution in [0.2, 0.25) is 0 Å². The predicted octanol–water partition coefficient (Wildman–Crippen LogP) is 1.40. The van der Waals surface area contributed by atoms with Crippen molar-refractivity contribution in [2.45, 2.75) is 43.7 Å². The number of hydrogen-bond acceptors (Lipinski definition) is 5. The first kappa shape index (κ1) is 15.9. The molecule has 1 aliphatic rings. The molecule has 0 bridgehead atoms. The van der Waals surface area contributed by atoms with Gasteiger partial charge in [0.05, 0.1) is 9.82 Å². The minimum absolute atomic E-state index is 0.0180. The molecule has 0 spiro atoms. The van der Waals surface area contributed by atoms with Crippen LogP contribution in [-0.2, 0) is 10.0 Å². The second-order valence-corrected chi connectivity index (χ2v) is 7.32. The van der Waals surface area contributed by atoms with E-state index in [1.165, 1.54) is 22.5 Å². The van der Waals surface area contributed by atoms with Crippen LogP contribution in [0.15, 0.2) is 23.1 Å². The Balaban J connectivity index is 2.38. The van der Waals surface area contributed by atoms with Gasteiger partial charge in [-0.1, -0.05) is 0 Å². The van der Waals surface area contributed by atoms with Gasteiger partial charge in [-0.25, -0.2) is 8.42 Å². The van der Waals surface area contributed by atoms with Crippen LogP contribution < -0.4 is 5.73 Å². The molecule has 1 heterocycles. The maximum absolute atomic E-state index is 12.7. The van der Waals surface area contributed by atoms with E-state index in [-0.39, 0.29) is 22.7 Å². The molecule has 2 N–H and O–H groups in total. The molecule has 116 valence electrons. The zero-order valence-electron chi connectivity index (χ0n) is 12.0. The third-order valence-corrected chi connectivity index (χ3v) is 5.99. The average Bonchev–Trinajstić information content (AvgIpc) is 2.37. The summed E-state index contributed by atoms with van der Waals surface area (Å²) >= 11 is 0. The first-order chi connectivity index (χ1) is 9.73. The number of rotatable bonds is 3. The van der Waals surface area contributed by atoms with Gasteiger partial charge < -0.3 is 5.73 Å². The summed E-state index contributed by atoms with van der Waals surface area (Å²) in [6, 6.07) is 3.66. The SMILES string of the molecule is Cc1cc([N+](=O)[O-])ccc1S(=O)(=O)N1CCC(N)CC1C. The summed E-state index contributed by atoms with van der Waals surface area (Å²) in [5.74, 6) is 0. The van der Waals surface area contributed by atoms with E-state index in [1.807, 2.05) is 6.92 Å². The summed E-state index contributed by atoms with van der Waals surface area (Å²) < 4.78 is 26.9. The Hall–Kier alpha value is -1.51. The molecule has 7 nitrogen and oxygen atoms in total. The van der Waals surface area contributed by atoms with Crippen molar-refractivity contribution < 1.29 is 13.3 Å². The lowest BCUT2D eigenvalue weighted by Crippen LogP contribution is -2.48. The Labute approximate surface area is 123 Å². The predicted molar refractivity (Wildman–Crippen MR) is 78.4 cm³/mol. The lowest BCUT2D eigenvalue weighted by atomic mass is 10.0. The summed E-state index contributed by atoms with van der Waals surface area (Å²) in [5, 5.41) is 10.7. The number of sulfonamides is 1. The third-order valence-electron chi connectivity index (χ3n) is 3.81. The first-order valence-corrected chi connectivity index (χ1v) is 8.20. The van der Waals surface area contributed by atoms with Crippen molar-refractivity contribution in [1.82, 2.24) is 4.31 Å². The monoisotopic (exact) mass is 313 g/mol. The fourth-order valence-electron chi connectivity index (χ4n) is 2.71. The number of nitrogens with zero attached hydrogens (tertiary/aromatic N) is 2. The summed E-state index contributed by atoms with van der Waals surface area (Å²) in [6.07, 6.45) is 1.24. The van der Waals surface area contributed by atoms with E-state index >= 15 is 0 Å². The van der Waals surface area contributed by atoms with Crippen molar-refractivity contribution in [1.29, 1.82) is 0 Å². The van der Waals surface area contributed by atoms with Gasteiger partial charge in [0.2, 0.25) is 10.0 Å². The smallest absolute Gasteiger partial charge is 0.269 e. The van der Waals surface area contributed by atoms with E-state index in [4.69, 9.17) is 5.73 Å². The number of piperidine rings is 1. The highest BCUT2D eigenvalue weighted by Gasteiger charge is 2.34. The van der Waals surface area contributed by atoms with E-state index in [9.17, 15) is 18.5 Å². The molecule has 2 atom stereocenters. The molecule has 8 heteroatoms. The molecule has 1 fully saturated rings. The van der Waals surface area contributed by atoms with Crippen molar-refractivity contribution in [3.63, 3.8) is 0 Å². The van der Waals surface area contributed by atoms with Crippen LogP contribution in [0.3, 0.4) is 0 Å². The molecule has 2 unspecified atom stereocenters. The van der Waals surface area contributed by atoms with Crippen molar-refractivity contribution >= 4 is 15.7 Å². The molecular weight excluding hydrogens is 294 g/mol. The fourth-order valence-corrected chi connectivity index (χ4v) is 4.57. The Morgan fingerprint density at radius 2 is 2.10 bits per heavy atom. The number of non-ortho nitro benzene ring substituents is 1. The van der Waals surface area contributed by atoms with Crippen molar-refractivity contribution in [2.24, 2.45) is 5.73 Å². The summed E-state index contributed by atoms with van der Waals surface area (Å²) in [4.78, 5) is 10.3. The van der Waals surface area contributed by atoms with Gasteiger partial charge in [0.15, 0.2) is 0 Å². The normalized spacial score (nSPS) is 24.0. The molecule has 1 aromatic carbocycles. The van der Waals surface area contributed by atoms with E-state index < -0.39 is 14.9 Å². The Morgan fingerprint density at radius 3 is 2.62 bits per heavy atom. The maximum atomic E-state index is 12.7. The van der Waals surface area contributed by atoms with Gasteiger partial charge >= 0.3 is 0 Å². The van der Waals surface area contributed by atoms with Crippen LogP contribution in [0.1, 0.15) is 25.3 Å². The van der Waals surface area contributed by atoms with E-state index in [0.717, 1.165) is 0 Å². The van der Waals surface area contributed by atoms with Gasteiger partial charge in [-0.3, -0.25) is 10.1 Å². The van der Waals surface area contributed by atoms with Crippen LogP contribution in [0.5, 0.6) is 0 Å². The van der Waals surface area contributed by atoms with Crippen LogP contribution in [0.4, 0.5) is 5.69 Å². The summed E-state index contributed by atoms with van der Waals surface area (Å²) in [6.45, 7) is 3.78. The Bertz CT molecular complexity index is 659. The van der Waals surface area contributed by atoms with Crippen LogP contribution >= 0.6 is 0 Å². The Kier molecular flexibility index (Phi) is 4.31. The molecule has 1 saturated heterocycles. The fraction of sp³-hybridized carbons (Fsp3) is 0.538. The quantitative estimate of drug-likeness (QED) is 0.670. The van der Waals surface area contributed by atoms with Gasteiger partial charge in [-0.05, 0) is 38.3 Å². The zero-order valence-corrected chi connectivity index (χ0v) is 12.8. The van der Waals surface area contributed by atoms with Crippen LogP contribution in [0.25, 0.3) is 0 Å². The molecule has 2 rings (SSSR count). The van der Waals surface area contributed by atoms with Gasteiger partial charge in [-0.15, -0.1) is 0 Å². The standard InChI is InChI=1S/C13H19N3O4S/c1-9-7-12(16(17)18)3-4-13(9)21(19,20)15-6-5-11(14)8-10(15)2/h3-4,7,10-11H,5-6,8,14H2,1-2H3. The largest absolute Gasteiger partial charge is 0.328 e. The van der Waals surface area contributed by atoms with Crippen LogP contribution in [-0.4, -0.2) is 36.3 Å². The molecule has 0 radical (unpaired) electrons. The van der Waals surface area contributed by atoms with Gasteiger partial charge in [0.1, 0.15) is 0 Å². The second-order valence-electron chi connectivity index (χ2n) is 5.46. The van der Waals surface area contributed by atoms with Crippen molar-refractivity contribution in [3.05, 3.63) is 33.9 Å². The molecule has 0 aliphatic carbocycles. The maximum Gasteiger partial charge on any atom is 0.269 e. The lowest BCUT2D eigenvalue weighted by molar-refractivity contribution is -0.385. The van der Waals surface area contributed by atoms with E-state index in [1.54, 1.807) is 6.92 Å². The number of hydrogen-bond donors (Lipinski definition) is 1. The highest BCUT2D eigenvalue weighted by atomic mass is 32.2. The van der Waals surface area contributed by atoms with Crippen molar-refractivity contribution in [3.8, 4) is 0 Å². The molecule has 0 saturated carbocycles. The van der Waals surface area contributed by atoms with Crippen LogP contribution in [0, 0.1) is 17.0 Å². The average molecular weight is 313 g/mol. The number of benzene rings is 1. The van der Waals surface area contributed by atoms with Crippen molar-refractivity contribution in [2.75, 3.05) is 6.54 Å². The summed E-state index contributed by atoms with van der Waals surface area (Å²) in [5.41, 5.74) is 6.13.